The van der Waals surface area contributed by atoms with Crippen molar-refractivity contribution in [1.29, 1.82) is 0 Å². The summed E-state index contributed by atoms with van der Waals surface area (Å²) in [7, 11) is 0. The third-order valence-electron chi connectivity index (χ3n) is 1.99. The summed E-state index contributed by atoms with van der Waals surface area (Å²) in [5.74, 6) is 0.251. The van der Waals surface area contributed by atoms with Crippen LogP contribution in [0.5, 0.6) is 0 Å². The van der Waals surface area contributed by atoms with Crippen molar-refractivity contribution in [2.24, 2.45) is 0 Å². The number of halogens is 1. The number of hydrogen-bond donors (Lipinski definition) is 2. The van der Waals surface area contributed by atoms with E-state index in [2.05, 4.69) is 20.6 Å². The van der Waals surface area contributed by atoms with Gasteiger partial charge in [-0.05, 0) is 0 Å². The maximum absolute atomic E-state index is 12.5. The molecule has 2 heterocycles. The Morgan fingerprint density at radius 2 is 2.08 bits per heavy atom. The van der Waals surface area contributed by atoms with Crippen molar-refractivity contribution in [1.82, 2.24) is 20.6 Å². The molecule has 13 heavy (non-hydrogen) atoms. The van der Waals surface area contributed by atoms with Crippen molar-refractivity contribution in [3.05, 3.63) is 24.0 Å². The van der Waals surface area contributed by atoms with Crippen molar-refractivity contribution in [2.45, 2.75) is 6.04 Å². The third kappa shape index (κ3) is 1.99. The zero-order chi connectivity index (χ0) is 9.10. The molecular weight excluding hydrogens is 171 g/mol. The molecule has 1 aliphatic heterocycles. The van der Waals surface area contributed by atoms with Gasteiger partial charge in [-0.3, -0.25) is 0 Å². The highest BCUT2D eigenvalue weighted by Crippen LogP contribution is 2.07. The highest BCUT2D eigenvalue weighted by atomic mass is 19.1. The number of piperazine rings is 1. The Morgan fingerprint density at radius 1 is 1.31 bits per heavy atom. The largest absolute Gasteiger partial charge is 0.313 e. The van der Waals surface area contributed by atoms with Gasteiger partial charge in [-0.15, -0.1) is 0 Å². The zero-order valence-corrected chi connectivity index (χ0v) is 7.13. The quantitative estimate of drug-likeness (QED) is 0.634. The van der Waals surface area contributed by atoms with Gasteiger partial charge in [0.05, 0.1) is 18.4 Å². The molecule has 1 atom stereocenters. The normalized spacial score (nSPS) is 23.0. The number of rotatable bonds is 1. The van der Waals surface area contributed by atoms with Crippen LogP contribution in [0.3, 0.4) is 0 Å². The van der Waals surface area contributed by atoms with Crippen molar-refractivity contribution in [2.75, 3.05) is 19.6 Å². The van der Waals surface area contributed by atoms with Gasteiger partial charge in [0.25, 0.3) is 0 Å². The molecule has 0 aliphatic carbocycles. The van der Waals surface area contributed by atoms with Gasteiger partial charge >= 0.3 is 0 Å². The molecule has 2 N–H and O–H groups in total. The molecule has 1 fully saturated rings. The summed E-state index contributed by atoms with van der Waals surface area (Å²) < 4.78 is 12.5. The van der Waals surface area contributed by atoms with E-state index in [9.17, 15) is 4.39 Å². The Balaban J connectivity index is 2.10. The van der Waals surface area contributed by atoms with Gasteiger partial charge in [0.2, 0.25) is 0 Å². The molecule has 0 radical (unpaired) electrons. The second-order valence-corrected chi connectivity index (χ2v) is 2.97. The number of nitrogens with zero attached hydrogens (tertiary/aromatic N) is 2. The predicted molar refractivity (Wildman–Crippen MR) is 45.6 cm³/mol. The minimum Gasteiger partial charge on any atom is -0.313 e. The summed E-state index contributed by atoms with van der Waals surface area (Å²) in [5.41, 5.74) is 0. The summed E-state index contributed by atoms with van der Waals surface area (Å²) in [4.78, 5) is 7.83. The van der Waals surface area contributed by atoms with Crippen LogP contribution in [0.1, 0.15) is 11.9 Å². The molecule has 1 aliphatic rings. The maximum Gasteiger partial charge on any atom is 0.159 e. The van der Waals surface area contributed by atoms with E-state index in [1.165, 1.54) is 12.4 Å². The Bertz CT molecular complexity index is 268. The van der Waals surface area contributed by atoms with Crippen LogP contribution in [0.4, 0.5) is 4.39 Å². The van der Waals surface area contributed by atoms with Crippen LogP contribution in [-0.4, -0.2) is 29.6 Å². The lowest BCUT2D eigenvalue weighted by atomic mass is 10.2. The number of aromatic nitrogens is 2. The number of nitrogens with one attached hydrogen (secondary N) is 2. The van der Waals surface area contributed by atoms with Gasteiger partial charge in [0, 0.05) is 19.6 Å². The van der Waals surface area contributed by atoms with E-state index >= 15 is 0 Å². The summed E-state index contributed by atoms with van der Waals surface area (Å²) in [6, 6.07) is 0.106. The monoisotopic (exact) mass is 182 g/mol. The molecule has 70 valence electrons. The smallest absolute Gasteiger partial charge is 0.159 e. The molecule has 1 saturated heterocycles. The first-order valence-corrected chi connectivity index (χ1v) is 4.28. The van der Waals surface area contributed by atoms with E-state index in [0.717, 1.165) is 19.6 Å². The molecule has 1 aromatic heterocycles. The highest BCUT2D eigenvalue weighted by Gasteiger charge is 2.16. The van der Waals surface area contributed by atoms with Crippen LogP contribution in [0.2, 0.25) is 0 Å². The first-order valence-electron chi connectivity index (χ1n) is 4.28. The molecule has 4 nitrogen and oxygen atoms in total. The molecule has 5 heteroatoms. The average Bonchev–Trinajstić information content (AvgIpc) is 2.20. The maximum atomic E-state index is 12.5. The molecule has 0 amide bonds. The van der Waals surface area contributed by atoms with Crippen LogP contribution in [0, 0.1) is 5.82 Å². The second-order valence-electron chi connectivity index (χ2n) is 2.97. The average molecular weight is 182 g/mol. The van der Waals surface area contributed by atoms with Gasteiger partial charge in [-0.1, -0.05) is 0 Å². The molecule has 0 saturated carbocycles. The molecule has 0 spiro atoms. The minimum atomic E-state index is -0.396. The lowest BCUT2D eigenvalue weighted by Crippen LogP contribution is -2.43. The van der Waals surface area contributed by atoms with Crippen molar-refractivity contribution in [3.63, 3.8) is 0 Å². The van der Waals surface area contributed by atoms with E-state index in [1.54, 1.807) is 0 Å². The topological polar surface area (TPSA) is 49.8 Å². The SMILES string of the molecule is Fc1cnc(C2CNCCN2)nc1. The Morgan fingerprint density at radius 3 is 2.69 bits per heavy atom. The lowest BCUT2D eigenvalue weighted by Gasteiger charge is -2.22. The fraction of sp³-hybridized carbons (Fsp3) is 0.500. The van der Waals surface area contributed by atoms with Crippen LogP contribution in [0.25, 0.3) is 0 Å². The highest BCUT2D eigenvalue weighted by molar-refractivity contribution is 4.99. The Kier molecular flexibility index (Phi) is 2.47. The third-order valence-corrected chi connectivity index (χ3v) is 1.99. The minimum absolute atomic E-state index is 0.106. The van der Waals surface area contributed by atoms with Gasteiger partial charge in [-0.2, -0.15) is 0 Å². The summed E-state index contributed by atoms with van der Waals surface area (Å²) in [5, 5.41) is 6.46. The standard InChI is InChI=1S/C8H11FN4/c9-6-3-12-8(13-4-6)7-5-10-1-2-11-7/h3-4,7,10-11H,1-2,5H2. The van der Waals surface area contributed by atoms with Crippen molar-refractivity contribution < 1.29 is 4.39 Å². The molecule has 1 unspecified atom stereocenters. The van der Waals surface area contributed by atoms with Crippen LogP contribution < -0.4 is 10.6 Å². The van der Waals surface area contributed by atoms with Crippen molar-refractivity contribution >= 4 is 0 Å². The Hall–Kier alpha value is -1.07. The van der Waals surface area contributed by atoms with E-state index < -0.39 is 5.82 Å². The molecular formula is C8H11FN4. The zero-order valence-electron chi connectivity index (χ0n) is 7.13. The first kappa shape index (κ1) is 8.52. The molecule has 0 bridgehead atoms. The van der Waals surface area contributed by atoms with Gasteiger partial charge in [0.1, 0.15) is 5.82 Å². The molecule has 2 rings (SSSR count). The Labute approximate surface area is 75.6 Å². The van der Waals surface area contributed by atoms with Crippen LogP contribution in [0.15, 0.2) is 12.4 Å². The van der Waals surface area contributed by atoms with Crippen LogP contribution >= 0.6 is 0 Å². The van der Waals surface area contributed by atoms with Gasteiger partial charge in [0.15, 0.2) is 5.82 Å². The summed E-state index contributed by atoms with van der Waals surface area (Å²) in [6.07, 6.45) is 2.39. The summed E-state index contributed by atoms with van der Waals surface area (Å²) in [6.45, 7) is 2.65. The fourth-order valence-electron chi connectivity index (χ4n) is 1.34. The van der Waals surface area contributed by atoms with Crippen molar-refractivity contribution in [3.8, 4) is 0 Å². The van der Waals surface area contributed by atoms with Gasteiger partial charge < -0.3 is 10.6 Å². The lowest BCUT2D eigenvalue weighted by molar-refractivity contribution is 0.413. The predicted octanol–water partition coefficient (Wildman–Crippen LogP) is -0.150. The van der Waals surface area contributed by atoms with E-state index in [0.29, 0.717) is 5.82 Å². The van der Waals surface area contributed by atoms with E-state index in [-0.39, 0.29) is 6.04 Å². The number of hydrogen-bond acceptors (Lipinski definition) is 4. The summed E-state index contributed by atoms with van der Waals surface area (Å²) >= 11 is 0. The second kappa shape index (κ2) is 3.76. The van der Waals surface area contributed by atoms with E-state index in [1.807, 2.05) is 0 Å². The van der Waals surface area contributed by atoms with Gasteiger partial charge in [-0.25, -0.2) is 14.4 Å². The fourth-order valence-corrected chi connectivity index (χ4v) is 1.34. The first-order chi connectivity index (χ1) is 6.36. The van der Waals surface area contributed by atoms with E-state index in [4.69, 9.17) is 0 Å². The molecule has 0 aromatic carbocycles. The van der Waals surface area contributed by atoms with Crippen LogP contribution in [-0.2, 0) is 0 Å². The molecule has 1 aromatic rings.